The van der Waals surface area contributed by atoms with Crippen molar-refractivity contribution in [3.05, 3.63) is 59.4 Å². The Morgan fingerprint density at radius 3 is 2.36 bits per heavy atom. The second-order valence-electron chi connectivity index (χ2n) is 9.52. The molecule has 4 fully saturated rings. The van der Waals surface area contributed by atoms with Gasteiger partial charge in [-0.15, -0.1) is 0 Å². The normalized spacial score (nSPS) is 30.4. The van der Waals surface area contributed by atoms with Crippen LogP contribution in [0.1, 0.15) is 67.1 Å². The maximum absolute atomic E-state index is 13.4. The van der Waals surface area contributed by atoms with Crippen molar-refractivity contribution < 1.29 is 4.79 Å². The molecule has 1 amide bonds. The van der Waals surface area contributed by atoms with E-state index in [2.05, 4.69) is 25.1 Å². The van der Waals surface area contributed by atoms with Crippen molar-refractivity contribution in [3.63, 3.8) is 0 Å². The van der Waals surface area contributed by atoms with Crippen LogP contribution in [-0.2, 0) is 5.41 Å². The largest absolute Gasteiger partial charge is 0.309 e. The highest BCUT2D eigenvalue weighted by Gasteiger charge is 2.52. The highest BCUT2D eigenvalue weighted by molar-refractivity contribution is 6.06. The number of hydrogen-bond donors (Lipinski definition) is 0. The van der Waals surface area contributed by atoms with Gasteiger partial charge < -0.3 is 4.90 Å². The van der Waals surface area contributed by atoms with Crippen molar-refractivity contribution in [2.45, 2.75) is 57.8 Å². The SMILES string of the molecule is CCN(C(=O)c1ccnc(C23CC4CC(CC(C4)C2)C3)c1)c1cccc(C)c1. The molecule has 1 aromatic heterocycles. The predicted octanol–water partition coefficient (Wildman–Crippen LogP) is 5.52. The molecule has 0 saturated heterocycles. The van der Waals surface area contributed by atoms with E-state index in [1.165, 1.54) is 49.8 Å². The second kappa shape index (κ2) is 6.72. The summed E-state index contributed by atoms with van der Waals surface area (Å²) in [7, 11) is 0. The summed E-state index contributed by atoms with van der Waals surface area (Å²) in [5.74, 6) is 2.73. The number of carbonyl (C=O) groups excluding carboxylic acids is 1. The third-order valence-electron chi connectivity index (χ3n) is 7.46. The Morgan fingerprint density at radius 2 is 1.75 bits per heavy atom. The molecule has 3 heteroatoms. The van der Waals surface area contributed by atoms with Crippen LogP contribution in [0, 0.1) is 24.7 Å². The van der Waals surface area contributed by atoms with Crippen LogP contribution in [0.4, 0.5) is 5.69 Å². The zero-order chi connectivity index (χ0) is 19.3. The minimum absolute atomic E-state index is 0.0847. The second-order valence-corrected chi connectivity index (χ2v) is 9.52. The first-order chi connectivity index (χ1) is 13.6. The predicted molar refractivity (Wildman–Crippen MR) is 113 cm³/mol. The summed E-state index contributed by atoms with van der Waals surface area (Å²) in [6.07, 6.45) is 9.97. The van der Waals surface area contributed by atoms with E-state index in [0.717, 1.165) is 29.0 Å². The average Bonchev–Trinajstić information content (AvgIpc) is 2.68. The molecule has 4 aliphatic carbocycles. The molecule has 4 saturated carbocycles. The maximum Gasteiger partial charge on any atom is 0.258 e. The summed E-state index contributed by atoms with van der Waals surface area (Å²) in [5, 5.41) is 0. The van der Waals surface area contributed by atoms with E-state index in [0.29, 0.717) is 6.54 Å². The minimum atomic E-state index is 0.0847. The number of hydrogen-bond acceptors (Lipinski definition) is 2. The van der Waals surface area contributed by atoms with E-state index in [1.807, 2.05) is 36.2 Å². The molecule has 4 bridgehead atoms. The van der Waals surface area contributed by atoms with E-state index >= 15 is 0 Å². The van der Waals surface area contributed by atoms with Gasteiger partial charge >= 0.3 is 0 Å². The molecule has 6 rings (SSSR count). The molecule has 4 aliphatic rings. The van der Waals surface area contributed by atoms with Crippen LogP contribution in [0.3, 0.4) is 0 Å². The maximum atomic E-state index is 13.4. The van der Waals surface area contributed by atoms with Gasteiger partial charge in [0.1, 0.15) is 0 Å². The number of carbonyl (C=O) groups is 1. The van der Waals surface area contributed by atoms with Crippen molar-refractivity contribution in [2.75, 3.05) is 11.4 Å². The summed E-state index contributed by atoms with van der Waals surface area (Å²) in [4.78, 5) is 20.1. The van der Waals surface area contributed by atoms with E-state index in [-0.39, 0.29) is 11.3 Å². The molecule has 0 aliphatic heterocycles. The summed E-state index contributed by atoms with van der Waals surface area (Å²) < 4.78 is 0. The molecule has 0 atom stereocenters. The van der Waals surface area contributed by atoms with Crippen molar-refractivity contribution >= 4 is 11.6 Å². The van der Waals surface area contributed by atoms with Gasteiger partial charge in [-0.05, 0) is 100.0 Å². The molecule has 0 spiro atoms. The van der Waals surface area contributed by atoms with Crippen molar-refractivity contribution in [2.24, 2.45) is 17.8 Å². The molecule has 3 nitrogen and oxygen atoms in total. The van der Waals surface area contributed by atoms with Gasteiger partial charge in [-0.1, -0.05) is 12.1 Å². The van der Waals surface area contributed by atoms with Crippen LogP contribution in [-0.4, -0.2) is 17.4 Å². The highest BCUT2D eigenvalue weighted by atomic mass is 16.2. The molecule has 0 N–H and O–H groups in total. The molecule has 0 unspecified atom stereocenters. The van der Waals surface area contributed by atoms with Crippen LogP contribution in [0.5, 0.6) is 0 Å². The number of benzene rings is 1. The van der Waals surface area contributed by atoms with Crippen molar-refractivity contribution in [1.82, 2.24) is 4.98 Å². The number of nitrogens with zero attached hydrogens (tertiary/aromatic N) is 2. The van der Waals surface area contributed by atoms with Gasteiger partial charge in [0.05, 0.1) is 0 Å². The monoisotopic (exact) mass is 374 g/mol. The van der Waals surface area contributed by atoms with Gasteiger partial charge in [-0.25, -0.2) is 0 Å². The zero-order valence-corrected chi connectivity index (χ0v) is 17.0. The van der Waals surface area contributed by atoms with Gasteiger partial charge in [0.2, 0.25) is 0 Å². The Bertz CT molecular complexity index is 868. The summed E-state index contributed by atoms with van der Waals surface area (Å²) in [5.41, 5.74) is 4.33. The van der Waals surface area contributed by atoms with Gasteiger partial charge in [-0.2, -0.15) is 0 Å². The molecular formula is C25H30N2O. The average molecular weight is 375 g/mol. The first-order valence-corrected chi connectivity index (χ1v) is 10.9. The molecular weight excluding hydrogens is 344 g/mol. The van der Waals surface area contributed by atoms with E-state index in [9.17, 15) is 4.79 Å². The Balaban J connectivity index is 1.46. The molecule has 28 heavy (non-hydrogen) atoms. The number of amides is 1. The fraction of sp³-hybridized carbons (Fsp3) is 0.520. The Kier molecular flexibility index (Phi) is 4.30. The van der Waals surface area contributed by atoms with Crippen LogP contribution >= 0.6 is 0 Å². The molecule has 2 aromatic rings. The first kappa shape index (κ1) is 17.9. The highest BCUT2D eigenvalue weighted by Crippen LogP contribution is 2.60. The Hall–Kier alpha value is -2.16. The Labute approximate surface area is 168 Å². The number of aryl methyl sites for hydroxylation is 1. The zero-order valence-electron chi connectivity index (χ0n) is 17.0. The van der Waals surface area contributed by atoms with Crippen LogP contribution in [0.2, 0.25) is 0 Å². The lowest BCUT2D eigenvalue weighted by atomic mass is 9.48. The molecule has 1 aromatic carbocycles. The summed E-state index contributed by atoms with van der Waals surface area (Å²) in [6, 6.07) is 12.2. The van der Waals surface area contributed by atoms with Crippen LogP contribution in [0.25, 0.3) is 0 Å². The number of anilines is 1. The standard InChI is InChI=1S/C25H30N2O/c1-3-27(22-6-4-5-17(2)9-22)24(28)21-7-8-26-23(13-21)25-14-18-10-19(15-25)12-20(11-18)16-25/h4-9,13,18-20H,3,10-12,14-16H2,1-2H3. The fourth-order valence-corrected chi connectivity index (χ4v) is 6.67. The third-order valence-corrected chi connectivity index (χ3v) is 7.46. The van der Waals surface area contributed by atoms with Gasteiger partial charge in [0, 0.05) is 35.1 Å². The smallest absolute Gasteiger partial charge is 0.258 e. The van der Waals surface area contributed by atoms with Gasteiger partial charge in [-0.3, -0.25) is 9.78 Å². The number of rotatable bonds is 4. The molecule has 1 heterocycles. The van der Waals surface area contributed by atoms with Crippen LogP contribution in [0.15, 0.2) is 42.6 Å². The van der Waals surface area contributed by atoms with E-state index < -0.39 is 0 Å². The fourth-order valence-electron chi connectivity index (χ4n) is 6.67. The first-order valence-electron chi connectivity index (χ1n) is 10.9. The lowest BCUT2D eigenvalue weighted by Gasteiger charge is -2.56. The quantitative estimate of drug-likeness (QED) is 0.705. The lowest BCUT2D eigenvalue weighted by Crippen LogP contribution is -2.49. The number of aromatic nitrogens is 1. The van der Waals surface area contributed by atoms with Gasteiger partial charge in [0.25, 0.3) is 5.91 Å². The van der Waals surface area contributed by atoms with Crippen molar-refractivity contribution in [1.29, 1.82) is 0 Å². The summed E-state index contributed by atoms with van der Waals surface area (Å²) >= 11 is 0. The molecule has 0 radical (unpaired) electrons. The van der Waals surface area contributed by atoms with E-state index in [4.69, 9.17) is 4.98 Å². The Morgan fingerprint density at radius 1 is 1.07 bits per heavy atom. The van der Waals surface area contributed by atoms with Crippen LogP contribution < -0.4 is 4.90 Å². The van der Waals surface area contributed by atoms with Crippen molar-refractivity contribution in [3.8, 4) is 0 Å². The van der Waals surface area contributed by atoms with E-state index in [1.54, 1.807) is 0 Å². The minimum Gasteiger partial charge on any atom is -0.309 e. The summed E-state index contributed by atoms with van der Waals surface area (Å²) in [6.45, 7) is 4.78. The molecule has 146 valence electrons. The number of pyridine rings is 1. The topological polar surface area (TPSA) is 33.2 Å². The lowest BCUT2D eigenvalue weighted by molar-refractivity contribution is -0.00721. The van der Waals surface area contributed by atoms with Gasteiger partial charge in [0.15, 0.2) is 0 Å². The third kappa shape index (κ3) is 2.96.